The molecule has 3 aromatic rings. The molecule has 0 aliphatic carbocycles. The number of aryl methyl sites for hydroxylation is 2. The van der Waals surface area contributed by atoms with Gasteiger partial charge in [0.25, 0.3) is 0 Å². The van der Waals surface area contributed by atoms with Crippen LogP contribution in [0.25, 0.3) is 22.3 Å². The topological polar surface area (TPSA) is 147 Å². The molecule has 0 bridgehead atoms. The maximum atomic E-state index is 8.49. The molecular weight excluding hydrogens is 454 g/mol. The monoisotopic (exact) mass is 481 g/mol. The van der Waals surface area contributed by atoms with Gasteiger partial charge < -0.3 is 18.6 Å². The van der Waals surface area contributed by atoms with E-state index in [2.05, 4.69) is 37.0 Å². The van der Waals surface area contributed by atoms with Crippen molar-refractivity contribution in [3.8, 4) is 22.8 Å². The predicted octanol–water partition coefficient (Wildman–Crippen LogP) is -2.00. The molecule has 2 aromatic carbocycles. The van der Waals surface area contributed by atoms with Crippen LogP contribution in [0.4, 0.5) is 0 Å². The average Bonchev–Trinajstić information content (AvgIpc) is 2.74. The van der Waals surface area contributed by atoms with Crippen molar-refractivity contribution in [1.82, 2.24) is 0 Å². The first-order chi connectivity index (χ1) is 15.6. The van der Waals surface area contributed by atoms with Gasteiger partial charge in [-0.05, 0) is 49.2 Å². The zero-order valence-electron chi connectivity index (χ0n) is 19.2. The molecule has 0 amide bonds. The van der Waals surface area contributed by atoms with Crippen LogP contribution in [0.1, 0.15) is 17.5 Å². The molecule has 1 heterocycles. The fraction of sp³-hybridized carbons (Fsp3) is 0.348. The smallest absolute Gasteiger partial charge is 0.213 e. The molecule has 0 fully saturated rings. The van der Waals surface area contributed by atoms with Crippen LogP contribution in [0.3, 0.4) is 0 Å². The maximum absolute atomic E-state index is 8.49. The SMILES string of the molecule is COCCC[NH+]=c1cc(-c2ccc(OC)c(OC)c2)oc2cc(C)cc(C)c12.[O-][Cl+3]([O-])([O-])[O-]. The third-order valence-corrected chi connectivity index (χ3v) is 4.72. The van der Waals surface area contributed by atoms with Crippen molar-refractivity contribution in [2.24, 2.45) is 0 Å². The number of nitrogens with one attached hydrogen (secondary N) is 1. The zero-order chi connectivity index (χ0) is 24.6. The summed E-state index contributed by atoms with van der Waals surface area (Å²) in [6.07, 6.45) is 0.931. The van der Waals surface area contributed by atoms with Crippen LogP contribution in [-0.2, 0) is 4.74 Å². The van der Waals surface area contributed by atoms with Gasteiger partial charge in [-0.2, -0.15) is 0 Å². The molecule has 0 spiro atoms. The minimum absolute atomic E-state index is 0.672. The van der Waals surface area contributed by atoms with Gasteiger partial charge in [-0.1, -0.05) is 6.07 Å². The molecule has 0 saturated heterocycles. The lowest BCUT2D eigenvalue weighted by atomic mass is 10.0. The Morgan fingerprint density at radius 1 is 0.909 bits per heavy atom. The number of halogens is 1. The molecule has 0 aliphatic rings. The van der Waals surface area contributed by atoms with E-state index in [1.165, 1.54) is 11.1 Å². The van der Waals surface area contributed by atoms with Gasteiger partial charge in [-0.25, -0.2) is 23.6 Å². The molecule has 0 saturated carbocycles. The Bertz CT molecular complexity index is 1130. The fourth-order valence-electron chi connectivity index (χ4n) is 3.42. The van der Waals surface area contributed by atoms with Crippen LogP contribution in [0.15, 0.2) is 40.8 Å². The number of benzene rings is 2. The highest BCUT2D eigenvalue weighted by atomic mass is 35.7. The number of hydrogen-bond donors (Lipinski definition) is 1. The summed E-state index contributed by atoms with van der Waals surface area (Å²) in [5.41, 5.74) is 4.15. The number of hydrogen-bond acceptors (Lipinski definition) is 8. The van der Waals surface area contributed by atoms with Crippen LogP contribution in [0, 0.1) is 24.1 Å². The summed E-state index contributed by atoms with van der Waals surface area (Å²) < 4.78 is 56.2. The summed E-state index contributed by atoms with van der Waals surface area (Å²) in [4.78, 5) is 3.55. The summed E-state index contributed by atoms with van der Waals surface area (Å²) in [6, 6.07) is 12.1. The molecule has 10 heteroatoms. The van der Waals surface area contributed by atoms with Gasteiger partial charge in [0.2, 0.25) is 5.36 Å². The van der Waals surface area contributed by atoms with Crippen LogP contribution in [0.2, 0.25) is 0 Å². The van der Waals surface area contributed by atoms with Crippen molar-refractivity contribution in [3.05, 3.63) is 52.9 Å². The van der Waals surface area contributed by atoms with Gasteiger partial charge >= 0.3 is 0 Å². The van der Waals surface area contributed by atoms with Crippen molar-refractivity contribution in [1.29, 1.82) is 0 Å². The summed E-state index contributed by atoms with van der Waals surface area (Å²) in [5.74, 6) is 2.13. The molecule has 0 aliphatic heterocycles. The maximum Gasteiger partial charge on any atom is 0.213 e. The Balaban J connectivity index is 0.000000696. The fourth-order valence-corrected chi connectivity index (χ4v) is 3.42. The molecule has 9 nitrogen and oxygen atoms in total. The molecule has 1 N–H and O–H groups in total. The Morgan fingerprint density at radius 2 is 1.58 bits per heavy atom. The molecule has 0 atom stereocenters. The third-order valence-electron chi connectivity index (χ3n) is 4.72. The predicted molar refractivity (Wildman–Crippen MR) is 110 cm³/mol. The third kappa shape index (κ3) is 8.01. The second kappa shape index (κ2) is 12.0. The second-order valence-corrected chi connectivity index (χ2v) is 7.96. The van der Waals surface area contributed by atoms with E-state index in [1.807, 2.05) is 18.2 Å². The molecule has 3 rings (SSSR count). The minimum Gasteiger partial charge on any atom is -0.493 e. The van der Waals surface area contributed by atoms with Crippen molar-refractivity contribution in [3.63, 3.8) is 0 Å². The van der Waals surface area contributed by atoms with E-state index in [9.17, 15) is 0 Å². The summed E-state index contributed by atoms with van der Waals surface area (Å²) in [5, 5.41) is 2.16. The first-order valence-corrected chi connectivity index (χ1v) is 11.3. The van der Waals surface area contributed by atoms with E-state index in [4.69, 9.17) is 37.3 Å². The van der Waals surface area contributed by atoms with Crippen molar-refractivity contribution in [2.45, 2.75) is 20.3 Å². The van der Waals surface area contributed by atoms with Crippen LogP contribution >= 0.6 is 0 Å². The Hall–Kier alpha value is -2.66. The summed E-state index contributed by atoms with van der Waals surface area (Å²) in [6.45, 7) is 5.74. The van der Waals surface area contributed by atoms with E-state index in [0.29, 0.717) is 11.5 Å². The van der Waals surface area contributed by atoms with Crippen molar-refractivity contribution < 1.29 is 52.5 Å². The molecule has 33 heavy (non-hydrogen) atoms. The van der Waals surface area contributed by atoms with Gasteiger partial charge in [-0.15, -0.1) is 10.2 Å². The van der Waals surface area contributed by atoms with E-state index in [0.717, 1.165) is 47.2 Å². The minimum atomic E-state index is -4.94. The Kier molecular flexibility index (Phi) is 9.66. The zero-order valence-corrected chi connectivity index (χ0v) is 20.0. The summed E-state index contributed by atoms with van der Waals surface area (Å²) in [7, 11) is 0.0408. The quantitative estimate of drug-likeness (QED) is 0.381. The van der Waals surface area contributed by atoms with Crippen LogP contribution < -0.4 is 38.5 Å². The molecule has 180 valence electrons. The molecule has 0 radical (unpaired) electrons. The lowest BCUT2D eigenvalue weighted by Crippen LogP contribution is -2.77. The molecule has 1 aromatic heterocycles. The molecule has 0 unspecified atom stereocenters. The highest BCUT2D eigenvalue weighted by Gasteiger charge is 2.14. The largest absolute Gasteiger partial charge is 0.493 e. The van der Waals surface area contributed by atoms with Gasteiger partial charge in [0.05, 0.1) is 32.3 Å². The highest BCUT2D eigenvalue weighted by Crippen LogP contribution is 2.33. The van der Waals surface area contributed by atoms with Gasteiger partial charge in [0, 0.05) is 19.1 Å². The molecular formula is C23H28ClNO8. The Labute approximate surface area is 194 Å². The lowest BCUT2D eigenvalue weighted by Gasteiger charge is -2.17. The van der Waals surface area contributed by atoms with Crippen LogP contribution in [0.5, 0.6) is 11.5 Å². The van der Waals surface area contributed by atoms with Gasteiger partial charge in [0.15, 0.2) is 11.5 Å². The standard InChI is InChI=1S/C23H27NO4.ClHO4/c1-15-11-16(2)23-18(24-9-6-10-25-3)14-20(28-22(23)12-15)17-7-8-19(26-4)21(13-17)27-5;2-1(3,4)5/h7-8,11-14H,6,9-10H2,1-5H3;(H,2,3,4,5). The average molecular weight is 482 g/mol. The lowest BCUT2D eigenvalue weighted by molar-refractivity contribution is -2.00. The van der Waals surface area contributed by atoms with Crippen LogP contribution in [-0.4, -0.2) is 34.5 Å². The summed E-state index contributed by atoms with van der Waals surface area (Å²) >= 11 is 0. The van der Waals surface area contributed by atoms with E-state index >= 15 is 0 Å². The normalized spacial score (nSPS) is 11.8. The second-order valence-electron chi connectivity index (χ2n) is 7.20. The number of fused-ring (bicyclic) bond motifs is 1. The van der Waals surface area contributed by atoms with Gasteiger partial charge in [0.1, 0.15) is 17.9 Å². The first kappa shape index (κ1) is 26.6. The van der Waals surface area contributed by atoms with E-state index in [1.54, 1.807) is 21.3 Å². The number of methoxy groups -OCH3 is 3. The number of ether oxygens (including phenoxy) is 3. The van der Waals surface area contributed by atoms with Gasteiger partial charge in [-0.3, -0.25) is 0 Å². The van der Waals surface area contributed by atoms with Crippen molar-refractivity contribution in [2.75, 3.05) is 34.5 Å². The Morgan fingerprint density at radius 3 is 2.18 bits per heavy atom. The first-order valence-electron chi connectivity index (χ1n) is 10.0. The van der Waals surface area contributed by atoms with E-state index < -0.39 is 10.2 Å². The van der Waals surface area contributed by atoms with E-state index in [-0.39, 0.29) is 0 Å². The highest BCUT2D eigenvalue weighted by molar-refractivity contribution is 5.82. The van der Waals surface area contributed by atoms with Crippen molar-refractivity contribution >= 4 is 11.0 Å². The number of rotatable bonds is 7.